The highest BCUT2D eigenvalue weighted by atomic mass is 32.2. The Labute approximate surface area is 111 Å². The molecule has 0 fully saturated rings. The van der Waals surface area contributed by atoms with E-state index in [-0.39, 0.29) is 11.8 Å². The first-order valence-corrected chi connectivity index (χ1v) is 9.67. The molecule has 0 rings (SSSR count). The van der Waals surface area contributed by atoms with Crippen LogP contribution >= 0.6 is 0 Å². The fourth-order valence-electron chi connectivity index (χ4n) is 1.35. The van der Waals surface area contributed by atoms with Crippen molar-refractivity contribution < 1.29 is 16.8 Å². The Morgan fingerprint density at radius 2 is 1.44 bits per heavy atom. The quantitative estimate of drug-likeness (QED) is 0.611. The monoisotopic (exact) mass is 300 g/mol. The van der Waals surface area contributed by atoms with E-state index >= 15 is 0 Å². The van der Waals surface area contributed by atoms with Gasteiger partial charge < -0.3 is 0 Å². The second-order valence-electron chi connectivity index (χ2n) is 4.84. The van der Waals surface area contributed by atoms with Gasteiger partial charge in [0.05, 0.1) is 12.0 Å². The molecule has 0 saturated carbocycles. The first kappa shape index (κ1) is 17.8. The Kier molecular flexibility index (Phi) is 6.77. The fourth-order valence-corrected chi connectivity index (χ4v) is 2.33. The maximum Gasteiger partial charge on any atom is 0.210 e. The number of nitrogens with zero attached hydrogens (tertiary/aromatic N) is 2. The molecule has 0 heterocycles. The van der Waals surface area contributed by atoms with Crippen LogP contribution in [0.15, 0.2) is 0 Å². The maximum absolute atomic E-state index is 11.2. The largest absolute Gasteiger partial charge is 0.299 e. The van der Waals surface area contributed by atoms with E-state index in [2.05, 4.69) is 0 Å². The van der Waals surface area contributed by atoms with Crippen LogP contribution in [0.3, 0.4) is 0 Å². The molecular weight excluding hydrogens is 276 g/mol. The summed E-state index contributed by atoms with van der Waals surface area (Å²) in [6, 6.07) is 0.180. The van der Waals surface area contributed by atoms with E-state index in [1.54, 1.807) is 0 Å². The van der Waals surface area contributed by atoms with Crippen molar-refractivity contribution in [3.05, 3.63) is 0 Å². The number of hydrogen-bond donors (Lipinski definition) is 0. The minimum absolute atomic E-state index is 0.0910. The van der Waals surface area contributed by atoms with Crippen molar-refractivity contribution in [2.24, 2.45) is 0 Å². The molecule has 18 heavy (non-hydrogen) atoms. The molecule has 0 unspecified atom stereocenters. The average molecular weight is 300 g/mol. The zero-order chi connectivity index (χ0) is 14.6. The second-order valence-corrected chi connectivity index (χ2v) is 9.19. The first-order chi connectivity index (χ1) is 7.93. The summed E-state index contributed by atoms with van der Waals surface area (Å²) in [7, 11) is -4.65. The summed E-state index contributed by atoms with van der Waals surface area (Å²) in [6.07, 6.45) is 2.36. The summed E-state index contributed by atoms with van der Waals surface area (Å²) in [4.78, 5) is 1.96. The third-order valence-corrected chi connectivity index (χ3v) is 4.99. The van der Waals surface area contributed by atoms with Crippen LogP contribution in [0.25, 0.3) is 0 Å². The van der Waals surface area contributed by atoms with Gasteiger partial charge in [-0.15, -0.1) is 0 Å². The van der Waals surface area contributed by atoms with E-state index in [1.807, 2.05) is 18.7 Å². The molecule has 0 radical (unpaired) electrons. The minimum Gasteiger partial charge on any atom is -0.299 e. The predicted molar refractivity (Wildman–Crippen MR) is 73.9 cm³/mol. The normalized spacial score (nSPS) is 13.8. The summed E-state index contributed by atoms with van der Waals surface area (Å²) in [5, 5.41) is 0. The Balaban J connectivity index is 4.39. The Morgan fingerprint density at radius 3 is 1.78 bits per heavy atom. The lowest BCUT2D eigenvalue weighted by Crippen LogP contribution is -2.41. The smallest absolute Gasteiger partial charge is 0.210 e. The van der Waals surface area contributed by atoms with Gasteiger partial charge in [0.1, 0.15) is 9.84 Å². The average Bonchev–Trinajstić information content (AvgIpc) is 2.13. The van der Waals surface area contributed by atoms with Crippen molar-refractivity contribution in [3.63, 3.8) is 0 Å². The first-order valence-electron chi connectivity index (χ1n) is 5.76. The van der Waals surface area contributed by atoms with E-state index in [0.29, 0.717) is 19.6 Å². The van der Waals surface area contributed by atoms with Crippen molar-refractivity contribution in [3.8, 4) is 0 Å². The molecule has 0 aromatic carbocycles. The van der Waals surface area contributed by atoms with Crippen LogP contribution in [0.1, 0.15) is 13.8 Å². The Morgan fingerprint density at radius 1 is 0.944 bits per heavy atom. The molecular formula is C10H24N2O4S2. The lowest BCUT2D eigenvalue weighted by atomic mass is 10.3. The molecule has 0 aliphatic rings. The van der Waals surface area contributed by atoms with Gasteiger partial charge in [-0.3, -0.25) is 4.90 Å². The number of sulfonamides is 1. The molecule has 110 valence electrons. The summed E-state index contributed by atoms with van der Waals surface area (Å²) in [5.41, 5.74) is 0. The van der Waals surface area contributed by atoms with Gasteiger partial charge in [-0.05, 0) is 13.8 Å². The number of sulfone groups is 1. The van der Waals surface area contributed by atoms with E-state index in [1.165, 1.54) is 17.6 Å². The van der Waals surface area contributed by atoms with Gasteiger partial charge in [0, 0.05) is 39.0 Å². The Bertz CT molecular complexity index is 442. The summed E-state index contributed by atoms with van der Waals surface area (Å²) in [5.74, 6) is 0.0910. The van der Waals surface area contributed by atoms with Gasteiger partial charge in [0.25, 0.3) is 0 Å². The van der Waals surface area contributed by atoms with E-state index in [0.717, 1.165) is 6.26 Å². The summed E-state index contributed by atoms with van der Waals surface area (Å²) in [6.45, 7) is 5.23. The van der Waals surface area contributed by atoms with Crippen LogP contribution in [0.4, 0.5) is 0 Å². The lowest BCUT2D eigenvalue weighted by Gasteiger charge is -2.27. The van der Waals surface area contributed by atoms with Gasteiger partial charge >= 0.3 is 0 Å². The molecule has 0 aromatic rings. The molecule has 0 N–H and O–H groups in total. The van der Waals surface area contributed by atoms with Crippen molar-refractivity contribution >= 4 is 19.9 Å². The number of rotatable bonds is 8. The standard InChI is InChI=1S/C10H24N2O4S2/c1-10(2)12(8-9-17(4,13)14)7-6-11(3)18(5,15)16/h10H,6-9H2,1-5H3. The third kappa shape index (κ3) is 8.02. The number of likely N-dealkylation sites (N-methyl/N-ethyl adjacent to an activating group) is 1. The van der Waals surface area contributed by atoms with E-state index < -0.39 is 19.9 Å². The van der Waals surface area contributed by atoms with Crippen LogP contribution in [0.5, 0.6) is 0 Å². The van der Waals surface area contributed by atoms with Gasteiger partial charge in [-0.25, -0.2) is 21.1 Å². The van der Waals surface area contributed by atoms with Gasteiger partial charge in [0.2, 0.25) is 10.0 Å². The molecule has 8 heteroatoms. The van der Waals surface area contributed by atoms with Gasteiger partial charge in [-0.1, -0.05) is 0 Å². The van der Waals surface area contributed by atoms with E-state index in [4.69, 9.17) is 0 Å². The van der Waals surface area contributed by atoms with Crippen molar-refractivity contribution in [1.82, 2.24) is 9.21 Å². The molecule has 6 nitrogen and oxygen atoms in total. The molecule has 0 aromatic heterocycles. The third-order valence-electron chi connectivity index (χ3n) is 2.75. The summed E-state index contributed by atoms with van der Waals surface area (Å²) < 4.78 is 46.0. The Hall–Kier alpha value is -0.180. The molecule has 0 saturated heterocycles. The minimum atomic E-state index is -3.18. The fraction of sp³-hybridized carbons (Fsp3) is 1.00. The molecule has 0 bridgehead atoms. The lowest BCUT2D eigenvalue weighted by molar-refractivity contribution is 0.222. The summed E-state index contributed by atoms with van der Waals surface area (Å²) >= 11 is 0. The molecule has 0 aliphatic carbocycles. The zero-order valence-electron chi connectivity index (χ0n) is 11.7. The predicted octanol–water partition coefficient (Wildman–Crippen LogP) is -0.367. The second kappa shape index (κ2) is 6.83. The zero-order valence-corrected chi connectivity index (χ0v) is 13.4. The van der Waals surface area contributed by atoms with Crippen molar-refractivity contribution in [1.29, 1.82) is 0 Å². The molecule has 0 spiro atoms. The molecule has 0 amide bonds. The van der Waals surface area contributed by atoms with E-state index in [9.17, 15) is 16.8 Å². The van der Waals surface area contributed by atoms with Crippen molar-refractivity contribution in [2.45, 2.75) is 19.9 Å². The van der Waals surface area contributed by atoms with Gasteiger partial charge in [-0.2, -0.15) is 0 Å². The van der Waals surface area contributed by atoms with Crippen LogP contribution in [-0.4, -0.2) is 77.0 Å². The highest BCUT2D eigenvalue weighted by molar-refractivity contribution is 7.90. The molecule has 0 aliphatic heterocycles. The topological polar surface area (TPSA) is 74.8 Å². The van der Waals surface area contributed by atoms with Crippen LogP contribution in [0.2, 0.25) is 0 Å². The van der Waals surface area contributed by atoms with Crippen LogP contribution < -0.4 is 0 Å². The van der Waals surface area contributed by atoms with Crippen molar-refractivity contribution in [2.75, 3.05) is 44.9 Å². The number of hydrogen-bond acceptors (Lipinski definition) is 5. The molecule has 0 atom stereocenters. The van der Waals surface area contributed by atoms with Crippen LogP contribution in [0, 0.1) is 0 Å². The highest BCUT2D eigenvalue weighted by Gasteiger charge is 2.16. The van der Waals surface area contributed by atoms with Crippen LogP contribution in [-0.2, 0) is 19.9 Å². The SMILES string of the molecule is CC(C)N(CCN(C)S(C)(=O)=O)CCS(C)(=O)=O. The highest BCUT2D eigenvalue weighted by Crippen LogP contribution is 2.01. The van der Waals surface area contributed by atoms with Gasteiger partial charge in [0.15, 0.2) is 0 Å². The maximum atomic E-state index is 11.2.